The third-order valence-corrected chi connectivity index (χ3v) is 4.27. The van der Waals surface area contributed by atoms with Gasteiger partial charge in [-0.25, -0.2) is 0 Å². The van der Waals surface area contributed by atoms with E-state index in [2.05, 4.69) is 35.9 Å². The first-order valence-electron chi connectivity index (χ1n) is 6.25. The number of hydrogen-bond acceptors (Lipinski definition) is 3. The Hall–Kier alpha value is -0.830. The molecular formula is C13H20ClN3. The zero-order valence-electron chi connectivity index (χ0n) is 11.0. The predicted octanol–water partition coefficient (Wildman–Crippen LogP) is 3.23. The van der Waals surface area contributed by atoms with Crippen molar-refractivity contribution in [3.63, 3.8) is 0 Å². The van der Waals surface area contributed by atoms with Crippen LogP contribution in [0.15, 0.2) is 0 Å². The number of anilines is 1. The van der Waals surface area contributed by atoms with E-state index in [1.807, 2.05) is 6.92 Å². The third-order valence-electron chi connectivity index (χ3n) is 3.91. The lowest BCUT2D eigenvalue weighted by Gasteiger charge is -2.21. The highest BCUT2D eigenvalue weighted by Crippen LogP contribution is 2.30. The molecule has 0 radical (unpaired) electrons. The molecule has 1 saturated heterocycles. The van der Waals surface area contributed by atoms with E-state index in [0.29, 0.717) is 5.15 Å². The largest absolute Gasteiger partial charge is 0.355 e. The molecule has 1 unspecified atom stereocenters. The molecule has 2 rings (SSSR count). The fourth-order valence-electron chi connectivity index (χ4n) is 2.39. The molecule has 0 bridgehead atoms. The molecular weight excluding hydrogens is 234 g/mol. The fourth-order valence-corrected chi connectivity index (χ4v) is 2.57. The lowest BCUT2D eigenvalue weighted by atomic mass is 9.95. The standard InChI is InChI=1S/C13H20ClN3/c1-8(2)11-5-6-17(7-11)13-10(4)9(3)12(14)15-16-13/h8,11H,5-7H2,1-4H3. The van der Waals surface area contributed by atoms with Crippen LogP contribution in [0.5, 0.6) is 0 Å². The van der Waals surface area contributed by atoms with Gasteiger partial charge in [-0.15, -0.1) is 10.2 Å². The molecule has 3 nitrogen and oxygen atoms in total. The second-order valence-corrected chi connectivity index (χ2v) is 5.66. The quantitative estimate of drug-likeness (QED) is 0.810. The summed E-state index contributed by atoms with van der Waals surface area (Å²) in [5, 5.41) is 8.81. The summed E-state index contributed by atoms with van der Waals surface area (Å²) < 4.78 is 0. The molecule has 0 amide bonds. The highest BCUT2D eigenvalue weighted by Gasteiger charge is 2.27. The van der Waals surface area contributed by atoms with Gasteiger partial charge < -0.3 is 4.90 Å². The monoisotopic (exact) mass is 253 g/mol. The molecule has 1 aliphatic heterocycles. The van der Waals surface area contributed by atoms with Gasteiger partial charge in [-0.1, -0.05) is 25.4 Å². The highest BCUT2D eigenvalue weighted by atomic mass is 35.5. The molecule has 1 aromatic rings. The molecule has 0 aliphatic carbocycles. The van der Waals surface area contributed by atoms with E-state index in [1.165, 1.54) is 6.42 Å². The third kappa shape index (κ3) is 2.39. The van der Waals surface area contributed by atoms with Crippen LogP contribution in [0.25, 0.3) is 0 Å². The van der Waals surface area contributed by atoms with Crippen LogP contribution in [0.3, 0.4) is 0 Å². The van der Waals surface area contributed by atoms with E-state index in [-0.39, 0.29) is 0 Å². The number of rotatable bonds is 2. The predicted molar refractivity (Wildman–Crippen MR) is 71.7 cm³/mol. The second-order valence-electron chi connectivity index (χ2n) is 5.30. The summed E-state index contributed by atoms with van der Waals surface area (Å²) in [6, 6.07) is 0. The summed E-state index contributed by atoms with van der Waals surface area (Å²) in [5.41, 5.74) is 2.21. The summed E-state index contributed by atoms with van der Waals surface area (Å²) in [7, 11) is 0. The molecule has 0 N–H and O–H groups in total. The van der Waals surface area contributed by atoms with E-state index < -0.39 is 0 Å². The van der Waals surface area contributed by atoms with Crippen molar-refractivity contribution in [1.29, 1.82) is 0 Å². The summed E-state index contributed by atoms with van der Waals surface area (Å²) in [6.45, 7) is 10.8. The Kier molecular flexibility index (Phi) is 3.57. The molecule has 1 fully saturated rings. The normalized spacial score (nSPS) is 20.4. The molecule has 0 aromatic carbocycles. The SMILES string of the molecule is Cc1c(Cl)nnc(N2CCC(C(C)C)C2)c1C. The zero-order valence-corrected chi connectivity index (χ0v) is 11.8. The van der Waals surface area contributed by atoms with Crippen molar-refractivity contribution in [2.75, 3.05) is 18.0 Å². The van der Waals surface area contributed by atoms with Crippen LogP contribution in [0.2, 0.25) is 5.15 Å². The number of nitrogens with zero attached hydrogens (tertiary/aromatic N) is 3. The van der Waals surface area contributed by atoms with Gasteiger partial charge in [-0.3, -0.25) is 0 Å². The van der Waals surface area contributed by atoms with E-state index in [0.717, 1.165) is 41.9 Å². The van der Waals surface area contributed by atoms with Gasteiger partial charge in [0.15, 0.2) is 11.0 Å². The van der Waals surface area contributed by atoms with Crippen LogP contribution in [-0.4, -0.2) is 23.3 Å². The molecule has 4 heteroatoms. The molecule has 94 valence electrons. The molecule has 1 atom stereocenters. The Morgan fingerprint density at radius 2 is 1.94 bits per heavy atom. The fraction of sp³-hybridized carbons (Fsp3) is 0.692. The molecule has 0 saturated carbocycles. The average Bonchev–Trinajstić information content (AvgIpc) is 2.75. The Morgan fingerprint density at radius 3 is 2.53 bits per heavy atom. The smallest absolute Gasteiger partial charge is 0.155 e. The Morgan fingerprint density at radius 1 is 1.24 bits per heavy atom. The van der Waals surface area contributed by atoms with Crippen LogP contribution >= 0.6 is 11.6 Å². The lowest BCUT2D eigenvalue weighted by Crippen LogP contribution is -2.23. The summed E-state index contributed by atoms with van der Waals surface area (Å²) in [4.78, 5) is 2.34. The van der Waals surface area contributed by atoms with Crippen LogP contribution < -0.4 is 4.90 Å². The van der Waals surface area contributed by atoms with E-state index in [4.69, 9.17) is 11.6 Å². The first-order chi connectivity index (χ1) is 8.00. The van der Waals surface area contributed by atoms with Crippen molar-refractivity contribution in [3.05, 3.63) is 16.3 Å². The minimum Gasteiger partial charge on any atom is -0.355 e. The first kappa shape index (κ1) is 12.6. The van der Waals surface area contributed by atoms with E-state index in [1.54, 1.807) is 0 Å². The molecule has 1 aromatic heterocycles. The molecule has 0 spiro atoms. The summed E-state index contributed by atoms with van der Waals surface area (Å²) in [5.74, 6) is 2.52. The molecule has 17 heavy (non-hydrogen) atoms. The first-order valence-corrected chi connectivity index (χ1v) is 6.62. The second kappa shape index (κ2) is 4.81. The van der Waals surface area contributed by atoms with Gasteiger partial charge >= 0.3 is 0 Å². The van der Waals surface area contributed by atoms with Gasteiger partial charge in [0.1, 0.15) is 0 Å². The number of halogens is 1. The minimum absolute atomic E-state index is 0.519. The summed E-state index contributed by atoms with van der Waals surface area (Å²) in [6.07, 6.45) is 1.25. The minimum atomic E-state index is 0.519. The van der Waals surface area contributed by atoms with Gasteiger partial charge in [-0.05, 0) is 43.2 Å². The van der Waals surface area contributed by atoms with Crippen LogP contribution in [-0.2, 0) is 0 Å². The number of aromatic nitrogens is 2. The van der Waals surface area contributed by atoms with Gasteiger partial charge in [0, 0.05) is 13.1 Å². The Bertz CT molecular complexity index is 417. The highest BCUT2D eigenvalue weighted by molar-refractivity contribution is 6.30. The van der Waals surface area contributed by atoms with Gasteiger partial charge in [-0.2, -0.15) is 0 Å². The van der Waals surface area contributed by atoms with Crippen molar-refractivity contribution in [2.45, 2.75) is 34.1 Å². The Labute approximate surface area is 108 Å². The molecule has 1 aliphatic rings. The summed E-state index contributed by atoms with van der Waals surface area (Å²) >= 11 is 5.98. The van der Waals surface area contributed by atoms with Gasteiger partial charge in [0.2, 0.25) is 0 Å². The van der Waals surface area contributed by atoms with Crippen molar-refractivity contribution in [3.8, 4) is 0 Å². The Balaban J connectivity index is 2.22. The maximum atomic E-state index is 5.98. The van der Waals surface area contributed by atoms with E-state index in [9.17, 15) is 0 Å². The molecule has 2 heterocycles. The van der Waals surface area contributed by atoms with Crippen molar-refractivity contribution < 1.29 is 0 Å². The van der Waals surface area contributed by atoms with Gasteiger partial charge in [0.05, 0.1) is 0 Å². The maximum Gasteiger partial charge on any atom is 0.155 e. The van der Waals surface area contributed by atoms with Crippen LogP contribution in [0.1, 0.15) is 31.4 Å². The van der Waals surface area contributed by atoms with Crippen molar-refractivity contribution >= 4 is 17.4 Å². The maximum absolute atomic E-state index is 5.98. The van der Waals surface area contributed by atoms with Gasteiger partial charge in [0.25, 0.3) is 0 Å². The van der Waals surface area contributed by atoms with Crippen molar-refractivity contribution in [2.24, 2.45) is 11.8 Å². The zero-order chi connectivity index (χ0) is 12.6. The topological polar surface area (TPSA) is 29.0 Å². The van der Waals surface area contributed by atoms with Crippen LogP contribution in [0.4, 0.5) is 5.82 Å². The lowest BCUT2D eigenvalue weighted by molar-refractivity contribution is 0.422. The number of hydrogen-bond donors (Lipinski definition) is 0. The van der Waals surface area contributed by atoms with Crippen LogP contribution in [0, 0.1) is 25.7 Å². The average molecular weight is 254 g/mol. The van der Waals surface area contributed by atoms with Crippen molar-refractivity contribution in [1.82, 2.24) is 10.2 Å². The van der Waals surface area contributed by atoms with E-state index >= 15 is 0 Å².